The molecule has 0 bridgehead atoms. The van der Waals surface area contributed by atoms with Crippen LogP contribution in [0.5, 0.6) is 11.5 Å². The van der Waals surface area contributed by atoms with E-state index in [4.69, 9.17) is 21.1 Å². The molecule has 4 nitrogen and oxygen atoms in total. The predicted molar refractivity (Wildman–Crippen MR) is 89.1 cm³/mol. The van der Waals surface area contributed by atoms with E-state index in [2.05, 4.69) is 5.32 Å². The Balaban J connectivity index is 1.62. The predicted octanol–water partition coefficient (Wildman–Crippen LogP) is 3.67. The quantitative estimate of drug-likeness (QED) is 0.930. The largest absolute Gasteiger partial charge is 0.493 e. The molecule has 0 spiro atoms. The van der Waals surface area contributed by atoms with Gasteiger partial charge in [0.15, 0.2) is 6.61 Å². The molecular weight excluding hydrogens is 314 g/mol. The molecule has 1 amide bonds. The number of hydrogen-bond acceptors (Lipinski definition) is 3. The Morgan fingerprint density at radius 2 is 2.22 bits per heavy atom. The topological polar surface area (TPSA) is 47.6 Å². The van der Waals surface area contributed by atoms with Gasteiger partial charge in [0.1, 0.15) is 11.5 Å². The fourth-order valence-electron chi connectivity index (χ4n) is 2.61. The van der Waals surface area contributed by atoms with Gasteiger partial charge in [0.2, 0.25) is 0 Å². The minimum Gasteiger partial charge on any atom is -0.493 e. The molecule has 1 heterocycles. The van der Waals surface area contributed by atoms with E-state index < -0.39 is 0 Å². The molecule has 0 aromatic heterocycles. The van der Waals surface area contributed by atoms with Crippen molar-refractivity contribution < 1.29 is 14.3 Å². The van der Waals surface area contributed by atoms with Crippen LogP contribution in [0.3, 0.4) is 0 Å². The van der Waals surface area contributed by atoms with Gasteiger partial charge in [-0.1, -0.05) is 23.7 Å². The zero-order chi connectivity index (χ0) is 16.2. The third kappa shape index (κ3) is 3.96. The maximum Gasteiger partial charge on any atom is 0.258 e. The molecule has 0 fully saturated rings. The minimum absolute atomic E-state index is 0.0172. The number of benzene rings is 2. The molecule has 1 aliphatic rings. The molecule has 23 heavy (non-hydrogen) atoms. The second-order valence-corrected chi connectivity index (χ2v) is 5.98. The Kier molecular flexibility index (Phi) is 4.72. The van der Waals surface area contributed by atoms with E-state index >= 15 is 0 Å². The highest BCUT2D eigenvalue weighted by atomic mass is 35.5. The summed E-state index contributed by atoms with van der Waals surface area (Å²) in [4.78, 5) is 12.2. The first-order chi connectivity index (χ1) is 11.1. The third-order valence-corrected chi connectivity index (χ3v) is 3.94. The highest BCUT2D eigenvalue weighted by Crippen LogP contribution is 2.33. The van der Waals surface area contributed by atoms with E-state index in [1.807, 2.05) is 43.3 Å². The smallest absolute Gasteiger partial charge is 0.258 e. The summed E-state index contributed by atoms with van der Waals surface area (Å²) in [6.07, 6.45) is 0.712. The zero-order valence-corrected chi connectivity index (χ0v) is 13.6. The van der Waals surface area contributed by atoms with E-state index in [0.29, 0.717) is 23.8 Å². The fourth-order valence-corrected chi connectivity index (χ4v) is 2.79. The Morgan fingerprint density at radius 3 is 3.04 bits per heavy atom. The number of nitrogens with one attached hydrogen (secondary N) is 1. The van der Waals surface area contributed by atoms with Gasteiger partial charge in [0.05, 0.1) is 12.6 Å². The number of carbonyl (C=O) groups excluding carboxylic acids is 1. The van der Waals surface area contributed by atoms with Gasteiger partial charge in [-0.15, -0.1) is 0 Å². The molecule has 0 saturated heterocycles. The van der Waals surface area contributed by atoms with E-state index in [-0.39, 0.29) is 18.6 Å². The molecule has 0 aliphatic carbocycles. The normalized spacial score (nSPS) is 16.2. The summed E-state index contributed by atoms with van der Waals surface area (Å²) in [5.74, 6) is 1.30. The van der Waals surface area contributed by atoms with Crippen molar-refractivity contribution in [2.75, 3.05) is 13.2 Å². The number of halogens is 1. The first kappa shape index (κ1) is 15.7. The Hall–Kier alpha value is -2.20. The summed E-state index contributed by atoms with van der Waals surface area (Å²) in [6.45, 7) is 2.53. The second kappa shape index (κ2) is 6.92. The summed E-state index contributed by atoms with van der Waals surface area (Å²) in [5.41, 5.74) is 2.00. The van der Waals surface area contributed by atoms with Crippen molar-refractivity contribution in [1.82, 2.24) is 5.32 Å². The minimum atomic E-state index is -0.163. The Bertz CT molecular complexity index is 717. The molecule has 2 aromatic rings. The molecule has 2 aromatic carbocycles. The maximum absolute atomic E-state index is 12.2. The summed E-state index contributed by atoms with van der Waals surface area (Å²) in [7, 11) is 0. The van der Waals surface area contributed by atoms with Gasteiger partial charge >= 0.3 is 0 Å². The van der Waals surface area contributed by atoms with Gasteiger partial charge < -0.3 is 14.8 Å². The summed E-state index contributed by atoms with van der Waals surface area (Å²) < 4.78 is 11.1. The average Bonchev–Trinajstić information content (AvgIpc) is 2.54. The molecule has 1 N–H and O–H groups in total. The monoisotopic (exact) mass is 331 g/mol. The van der Waals surface area contributed by atoms with E-state index in [1.165, 1.54) is 0 Å². The number of ether oxygens (including phenoxy) is 2. The van der Waals surface area contributed by atoms with Crippen LogP contribution in [0.1, 0.15) is 23.6 Å². The maximum atomic E-state index is 12.2. The van der Waals surface area contributed by atoms with Crippen LogP contribution in [0.25, 0.3) is 0 Å². The van der Waals surface area contributed by atoms with Crippen LogP contribution in [-0.2, 0) is 4.79 Å². The van der Waals surface area contributed by atoms with Crippen molar-refractivity contribution in [3.63, 3.8) is 0 Å². The molecule has 0 radical (unpaired) electrons. The first-order valence-corrected chi connectivity index (χ1v) is 7.91. The van der Waals surface area contributed by atoms with Gasteiger partial charge in [-0.25, -0.2) is 0 Å². The second-order valence-electron chi connectivity index (χ2n) is 5.54. The van der Waals surface area contributed by atoms with Crippen molar-refractivity contribution in [2.24, 2.45) is 0 Å². The molecular formula is C18H18ClNO3. The van der Waals surface area contributed by atoms with Crippen molar-refractivity contribution in [3.05, 3.63) is 58.6 Å². The molecule has 1 unspecified atom stereocenters. The van der Waals surface area contributed by atoms with Gasteiger partial charge in [-0.3, -0.25) is 4.79 Å². The van der Waals surface area contributed by atoms with Crippen LogP contribution in [0.2, 0.25) is 5.02 Å². The number of rotatable bonds is 4. The standard InChI is InChI=1S/C18H18ClNO3/c1-12-3-2-4-14(9-12)23-11-18(21)20-16-7-8-22-17-6-5-13(19)10-15(16)17/h2-6,9-10,16H,7-8,11H2,1H3,(H,20,21). The van der Waals surface area contributed by atoms with E-state index in [9.17, 15) is 4.79 Å². The number of fused-ring (bicyclic) bond motifs is 1. The number of hydrogen-bond donors (Lipinski definition) is 1. The van der Waals surface area contributed by atoms with Gasteiger partial charge in [-0.05, 0) is 42.8 Å². The molecule has 5 heteroatoms. The highest BCUT2D eigenvalue weighted by Gasteiger charge is 2.23. The fraction of sp³-hybridized carbons (Fsp3) is 0.278. The lowest BCUT2D eigenvalue weighted by Gasteiger charge is -2.26. The average molecular weight is 332 g/mol. The summed E-state index contributed by atoms with van der Waals surface area (Å²) >= 11 is 6.04. The van der Waals surface area contributed by atoms with Crippen molar-refractivity contribution in [2.45, 2.75) is 19.4 Å². The lowest BCUT2D eigenvalue weighted by molar-refractivity contribution is -0.124. The van der Waals surface area contributed by atoms with Crippen molar-refractivity contribution in [1.29, 1.82) is 0 Å². The molecule has 1 atom stereocenters. The first-order valence-electron chi connectivity index (χ1n) is 7.53. The number of carbonyl (C=O) groups is 1. The molecule has 1 aliphatic heterocycles. The Morgan fingerprint density at radius 1 is 1.35 bits per heavy atom. The summed E-state index contributed by atoms with van der Waals surface area (Å²) in [6, 6.07) is 13.0. The van der Waals surface area contributed by atoms with Crippen LogP contribution >= 0.6 is 11.6 Å². The van der Waals surface area contributed by atoms with E-state index in [1.54, 1.807) is 6.07 Å². The van der Waals surface area contributed by atoms with Crippen molar-refractivity contribution >= 4 is 17.5 Å². The van der Waals surface area contributed by atoms with Gasteiger partial charge in [-0.2, -0.15) is 0 Å². The van der Waals surface area contributed by atoms with E-state index in [0.717, 1.165) is 16.9 Å². The van der Waals surface area contributed by atoms with Crippen LogP contribution in [0.15, 0.2) is 42.5 Å². The highest BCUT2D eigenvalue weighted by molar-refractivity contribution is 6.30. The van der Waals surface area contributed by atoms with Gasteiger partial charge in [0.25, 0.3) is 5.91 Å². The van der Waals surface area contributed by atoms with Gasteiger partial charge in [0, 0.05) is 17.0 Å². The lowest BCUT2D eigenvalue weighted by Crippen LogP contribution is -2.35. The third-order valence-electron chi connectivity index (χ3n) is 3.71. The molecule has 120 valence electrons. The molecule has 0 saturated carbocycles. The van der Waals surface area contributed by atoms with Crippen molar-refractivity contribution in [3.8, 4) is 11.5 Å². The lowest BCUT2D eigenvalue weighted by atomic mass is 10.0. The number of aryl methyl sites for hydroxylation is 1. The SMILES string of the molecule is Cc1cccc(OCC(=O)NC2CCOc3ccc(Cl)cc32)c1. The van der Waals surface area contributed by atoms with Crippen LogP contribution < -0.4 is 14.8 Å². The van der Waals surface area contributed by atoms with Crippen LogP contribution in [0, 0.1) is 6.92 Å². The van der Waals surface area contributed by atoms with Crippen LogP contribution in [-0.4, -0.2) is 19.1 Å². The van der Waals surface area contributed by atoms with Crippen LogP contribution in [0.4, 0.5) is 0 Å². The number of amides is 1. The molecule has 3 rings (SSSR count). The zero-order valence-electron chi connectivity index (χ0n) is 12.8. The Labute approximate surface area is 140 Å². The summed E-state index contributed by atoms with van der Waals surface area (Å²) in [5, 5.41) is 3.61.